The zero-order chi connectivity index (χ0) is 11.7. The molecule has 17 heavy (non-hydrogen) atoms. The third-order valence-electron chi connectivity index (χ3n) is 3.13. The lowest BCUT2D eigenvalue weighted by Gasteiger charge is -2.38. The van der Waals surface area contributed by atoms with E-state index in [2.05, 4.69) is 24.1 Å². The van der Waals surface area contributed by atoms with Gasteiger partial charge in [0.05, 0.1) is 11.2 Å². The minimum absolute atomic E-state index is 0. The number of hydrogen-bond acceptors (Lipinski definition) is 4. The van der Waals surface area contributed by atoms with E-state index in [4.69, 9.17) is 0 Å². The van der Waals surface area contributed by atoms with Crippen LogP contribution in [0.5, 0.6) is 0 Å². The van der Waals surface area contributed by atoms with E-state index in [1.807, 2.05) is 11.8 Å². The molecule has 1 aromatic heterocycles. The Balaban J connectivity index is 0.00000144. The van der Waals surface area contributed by atoms with Gasteiger partial charge >= 0.3 is 0 Å². The molecule has 1 saturated heterocycles. The summed E-state index contributed by atoms with van der Waals surface area (Å²) in [5.74, 6) is 0.117. The molecular formula is C11H18ClN3OS. The van der Waals surface area contributed by atoms with Gasteiger partial charge in [0, 0.05) is 25.2 Å². The first-order valence-corrected chi connectivity index (χ1v) is 6.38. The van der Waals surface area contributed by atoms with E-state index in [-0.39, 0.29) is 24.4 Å². The maximum atomic E-state index is 12.2. The van der Waals surface area contributed by atoms with E-state index in [9.17, 15) is 4.79 Å². The number of halogens is 1. The third kappa shape index (κ3) is 2.97. The smallest absolute Gasteiger partial charge is 0.265 e. The number of aryl methyl sites for hydroxylation is 1. The fraction of sp³-hybridized carbons (Fsp3) is 0.636. The minimum atomic E-state index is 0. The maximum Gasteiger partial charge on any atom is 0.265 e. The number of amides is 1. The van der Waals surface area contributed by atoms with Crippen molar-refractivity contribution in [3.8, 4) is 0 Å². The first-order chi connectivity index (χ1) is 7.59. The van der Waals surface area contributed by atoms with Gasteiger partial charge in [0.2, 0.25) is 0 Å². The van der Waals surface area contributed by atoms with Gasteiger partial charge in [-0.1, -0.05) is 0 Å². The SMILES string of the molecule is Cc1ncc(C(=O)N2CCNC(C)C2C)s1.Cl. The van der Waals surface area contributed by atoms with Crippen molar-refractivity contribution in [2.75, 3.05) is 13.1 Å². The van der Waals surface area contributed by atoms with Gasteiger partial charge in [-0.2, -0.15) is 0 Å². The summed E-state index contributed by atoms with van der Waals surface area (Å²) in [7, 11) is 0. The predicted molar refractivity (Wildman–Crippen MR) is 72.1 cm³/mol. The molecule has 2 rings (SSSR count). The Morgan fingerprint density at radius 1 is 1.59 bits per heavy atom. The summed E-state index contributed by atoms with van der Waals surface area (Å²) in [6, 6.07) is 0.593. The number of piperazine rings is 1. The molecule has 1 fully saturated rings. The Morgan fingerprint density at radius 2 is 2.29 bits per heavy atom. The topological polar surface area (TPSA) is 45.2 Å². The van der Waals surface area contributed by atoms with Crippen LogP contribution in [-0.2, 0) is 0 Å². The lowest BCUT2D eigenvalue weighted by Crippen LogP contribution is -2.57. The van der Waals surface area contributed by atoms with Crippen LogP contribution in [-0.4, -0.2) is 41.0 Å². The van der Waals surface area contributed by atoms with Crippen molar-refractivity contribution in [2.45, 2.75) is 32.9 Å². The van der Waals surface area contributed by atoms with Crippen LogP contribution in [0.15, 0.2) is 6.20 Å². The first-order valence-electron chi connectivity index (χ1n) is 5.56. The molecule has 1 aromatic rings. The lowest BCUT2D eigenvalue weighted by molar-refractivity contribution is 0.0607. The molecule has 0 bridgehead atoms. The molecular weight excluding hydrogens is 258 g/mol. The Hall–Kier alpha value is -0.650. The van der Waals surface area contributed by atoms with Crippen LogP contribution in [0, 0.1) is 6.92 Å². The molecule has 6 heteroatoms. The van der Waals surface area contributed by atoms with Gasteiger partial charge in [0.1, 0.15) is 4.88 Å². The molecule has 4 nitrogen and oxygen atoms in total. The summed E-state index contributed by atoms with van der Waals surface area (Å²) in [6.07, 6.45) is 1.68. The van der Waals surface area contributed by atoms with Crippen molar-refractivity contribution in [1.29, 1.82) is 0 Å². The van der Waals surface area contributed by atoms with Crippen LogP contribution in [0.3, 0.4) is 0 Å². The summed E-state index contributed by atoms with van der Waals surface area (Å²) in [4.78, 5) is 19.1. The molecule has 2 atom stereocenters. The standard InChI is InChI=1S/C11H17N3OS.ClH/c1-7-8(2)14(5-4-12-7)11(15)10-6-13-9(3)16-10;/h6-8,12H,4-5H2,1-3H3;1H. The van der Waals surface area contributed by atoms with Crippen molar-refractivity contribution in [1.82, 2.24) is 15.2 Å². The van der Waals surface area contributed by atoms with Crippen LogP contribution < -0.4 is 5.32 Å². The van der Waals surface area contributed by atoms with Crippen LogP contribution in [0.2, 0.25) is 0 Å². The van der Waals surface area contributed by atoms with Gasteiger partial charge in [-0.05, 0) is 20.8 Å². The third-order valence-corrected chi connectivity index (χ3v) is 4.03. The van der Waals surface area contributed by atoms with E-state index >= 15 is 0 Å². The highest BCUT2D eigenvalue weighted by molar-refractivity contribution is 7.13. The van der Waals surface area contributed by atoms with E-state index in [0.717, 1.165) is 23.0 Å². The zero-order valence-corrected chi connectivity index (χ0v) is 11.9. The molecule has 1 aliphatic heterocycles. The average Bonchev–Trinajstić information content (AvgIpc) is 2.68. The molecule has 1 amide bonds. The van der Waals surface area contributed by atoms with Gasteiger partial charge in [-0.3, -0.25) is 4.79 Å². The van der Waals surface area contributed by atoms with E-state index in [1.165, 1.54) is 11.3 Å². The molecule has 0 radical (unpaired) electrons. The highest BCUT2D eigenvalue weighted by atomic mass is 35.5. The van der Waals surface area contributed by atoms with Crippen LogP contribution in [0.4, 0.5) is 0 Å². The van der Waals surface area contributed by atoms with Gasteiger partial charge in [-0.15, -0.1) is 23.7 Å². The Kier molecular flexibility index (Phi) is 4.91. The second kappa shape index (κ2) is 5.80. The number of carbonyl (C=O) groups excluding carboxylic acids is 1. The highest BCUT2D eigenvalue weighted by Gasteiger charge is 2.29. The molecule has 0 saturated carbocycles. The van der Waals surface area contributed by atoms with Crippen molar-refractivity contribution in [3.05, 3.63) is 16.1 Å². The van der Waals surface area contributed by atoms with E-state index < -0.39 is 0 Å². The molecule has 2 heterocycles. The Labute approximate surface area is 112 Å². The molecule has 1 N–H and O–H groups in total. The summed E-state index contributed by atoms with van der Waals surface area (Å²) in [5.41, 5.74) is 0. The van der Waals surface area contributed by atoms with Crippen LogP contribution >= 0.6 is 23.7 Å². The van der Waals surface area contributed by atoms with Gasteiger partial charge in [0.25, 0.3) is 5.91 Å². The van der Waals surface area contributed by atoms with E-state index in [1.54, 1.807) is 6.20 Å². The number of hydrogen-bond donors (Lipinski definition) is 1. The molecule has 1 aliphatic rings. The van der Waals surface area contributed by atoms with Crippen molar-refractivity contribution in [2.24, 2.45) is 0 Å². The lowest BCUT2D eigenvalue weighted by atomic mass is 10.1. The number of nitrogens with one attached hydrogen (secondary N) is 1. The number of nitrogens with zero attached hydrogens (tertiary/aromatic N) is 2. The molecule has 0 spiro atoms. The van der Waals surface area contributed by atoms with Crippen LogP contribution in [0.25, 0.3) is 0 Å². The van der Waals surface area contributed by atoms with Crippen molar-refractivity contribution in [3.63, 3.8) is 0 Å². The fourth-order valence-corrected chi connectivity index (χ4v) is 2.68. The average molecular weight is 276 g/mol. The highest BCUT2D eigenvalue weighted by Crippen LogP contribution is 2.18. The zero-order valence-electron chi connectivity index (χ0n) is 10.3. The molecule has 0 aromatic carbocycles. The fourth-order valence-electron chi connectivity index (χ4n) is 1.95. The van der Waals surface area contributed by atoms with E-state index in [0.29, 0.717) is 6.04 Å². The summed E-state index contributed by atoms with van der Waals surface area (Å²) >= 11 is 1.47. The normalized spacial score (nSPS) is 24.3. The second-order valence-electron chi connectivity index (χ2n) is 4.23. The largest absolute Gasteiger partial charge is 0.332 e. The number of rotatable bonds is 1. The quantitative estimate of drug-likeness (QED) is 0.848. The molecule has 96 valence electrons. The Bertz CT molecular complexity index is 396. The van der Waals surface area contributed by atoms with Gasteiger partial charge in [-0.25, -0.2) is 4.98 Å². The van der Waals surface area contributed by atoms with Crippen LogP contribution in [0.1, 0.15) is 28.5 Å². The summed E-state index contributed by atoms with van der Waals surface area (Å²) < 4.78 is 0. The monoisotopic (exact) mass is 275 g/mol. The maximum absolute atomic E-state index is 12.2. The summed E-state index contributed by atoms with van der Waals surface area (Å²) in [6.45, 7) is 7.77. The van der Waals surface area contributed by atoms with Crippen molar-refractivity contribution >= 4 is 29.7 Å². The Morgan fingerprint density at radius 3 is 2.88 bits per heavy atom. The van der Waals surface area contributed by atoms with Gasteiger partial charge < -0.3 is 10.2 Å². The predicted octanol–water partition coefficient (Wildman–Crippen LogP) is 1.70. The molecule has 0 aliphatic carbocycles. The number of thiazole rings is 1. The number of aromatic nitrogens is 1. The summed E-state index contributed by atoms with van der Waals surface area (Å²) in [5, 5.41) is 4.31. The molecule has 2 unspecified atom stereocenters. The second-order valence-corrected chi connectivity index (χ2v) is 5.46. The first kappa shape index (κ1) is 14.4. The minimum Gasteiger partial charge on any atom is -0.332 e. The van der Waals surface area contributed by atoms with Crippen molar-refractivity contribution < 1.29 is 4.79 Å². The number of carbonyl (C=O) groups is 1. The van der Waals surface area contributed by atoms with Gasteiger partial charge in [0.15, 0.2) is 0 Å².